The quantitative estimate of drug-likeness (QED) is 0.412. The normalized spacial score (nSPS) is 10.9. The molecule has 0 aliphatic heterocycles. The van der Waals surface area contributed by atoms with Crippen molar-refractivity contribution in [2.75, 3.05) is 0 Å². The average molecular weight is 378 g/mol. The largest absolute Gasteiger partial charge is 0.494 e. The summed E-state index contributed by atoms with van der Waals surface area (Å²) in [7, 11) is 0. The molecule has 2 aromatic heterocycles. The van der Waals surface area contributed by atoms with Crippen molar-refractivity contribution in [3.63, 3.8) is 0 Å². The Labute approximate surface area is 158 Å². The third-order valence-corrected chi connectivity index (χ3v) is 4.12. The zero-order valence-corrected chi connectivity index (χ0v) is 14.7. The number of benzene rings is 1. The van der Waals surface area contributed by atoms with Gasteiger partial charge >= 0.3 is 0 Å². The summed E-state index contributed by atoms with van der Waals surface area (Å²) in [6, 6.07) is 10.8. The topological polar surface area (TPSA) is 135 Å². The van der Waals surface area contributed by atoms with E-state index in [0.29, 0.717) is 5.76 Å². The molecule has 1 aromatic carbocycles. The molecule has 0 saturated heterocycles. The van der Waals surface area contributed by atoms with Crippen molar-refractivity contribution in [1.29, 1.82) is 5.26 Å². The van der Waals surface area contributed by atoms with E-state index in [1.807, 2.05) is 6.07 Å². The van der Waals surface area contributed by atoms with Gasteiger partial charge in [-0.15, -0.1) is 0 Å². The molecule has 140 valence electrons. The van der Waals surface area contributed by atoms with Gasteiger partial charge < -0.3 is 9.52 Å². The number of non-ortho nitro benzene ring substituents is 1. The molecule has 0 aliphatic rings. The maximum atomic E-state index is 12.5. The summed E-state index contributed by atoms with van der Waals surface area (Å²) in [6.45, 7) is 1.45. The molecule has 0 radical (unpaired) electrons. The van der Waals surface area contributed by atoms with Crippen LogP contribution in [-0.4, -0.2) is 20.8 Å². The minimum absolute atomic E-state index is 0.0652. The first-order chi connectivity index (χ1) is 13.4. The zero-order valence-electron chi connectivity index (χ0n) is 14.7. The van der Waals surface area contributed by atoms with E-state index in [1.165, 1.54) is 37.6 Å². The number of aromatic hydroxyl groups is 1. The van der Waals surface area contributed by atoms with Crippen LogP contribution in [0.2, 0.25) is 0 Å². The van der Waals surface area contributed by atoms with Crippen molar-refractivity contribution >= 4 is 17.6 Å². The number of nitro groups is 1. The highest BCUT2D eigenvalue weighted by Crippen LogP contribution is 2.24. The maximum Gasteiger partial charge on any atom is 0.271 e. The molecule has 0 bridgehead atoms. The molecule has 0 fully saturated rings. The van der Waals surface area contributed by atoms with E-state index in [-0.39, 0.29) is 40.5 Å². The van der Waals surface area contributed by atoms with Gasteiger partial charge in [0.25, 0.3) is 11.2 Å². The second-order valence-corrected chi connectivity index (χ2v) is 5.85. The standard InChI is InChI=1S/C19H14N4O5/c1-12-16(9-20)18(24)22(11-15-6-3-7-28-15)19(25)17(12)10-21-13-4-2-5-14(8-13)23(26)27/h2-8,10,25H,11H2,1H3. The van der Waals surface area contributed by atoms with E-state index in [4.69, 9.17) is 4.42 Å². The number of hydrogen-bond acceptors (Lipinski definition) is 7. The molecule has 2 heterocycles. The van der Waals surface area contributed by atoms with Crippen LogP contribution >= 0.6 is 0 Å². The lowest BCUT2D eigenvalue weighted by molar-refractivity contribution is -0.384. The Kier molecular flexibility index (Phi) is 5.04. The lowest BCUT2D eigenvalue weighted by Gasteiger charge is -2.13. The first-order valence-electron chi connectivity index (χ1n) is 8.09. The van der Waals surface area contributed by atoms with Crippen LogP contribution in [0.15, 0.2) is 56.9 Å². The molecule has 3 aromatic rings. The summed E-state index contributed by atoms with van der Waals surface area (Å²) in [6.07, 6.45) is 2.70. The minimum atomic E-state index is -0.651. The third-order valence-electron chi connectivity index (χ3n) is 4.12. The van der Waals surface area contributed by atoms with E-state index in [0.717, 1.165) is 4.57 Å². The van der Waals surface area contributed by atoms with E-state index in [9.17, 15) is 25.3 Å². The number of aliphatic imine (C=N–C) groups is 1. The van der Waals surface area contributed by atoms with Gasteiger partial charge in [-0.2, -0.15) is 5.26 Å². The van der Waals surface area contributed by atoms with Gasteiger partial charge in [0.15, 0.2) is 0 Å². The Hall–Kier alpha value is -4.19. The highest BCUT2D eigenvalue weighted by molar-refractivity contribution is 5.87. The van der Waals surface area contributed by atoms with Crippen molar-refractivity contribution in [3.05, 3.63) is 85.6 Å². The lowest BCUT2D eigenvalue weighted by atomic mass is 10.1. The van der Waals surface area contributed by atoms with Crippen LogP contribution in [0.1, 0.15) is 22.5 Å². The van der Waals surface area contributed by atoms with Gasteiger partial charge in [-0.25, -0.2) is 0 Å². The monoisotopic (exact) mass is 378 g/mol. The number of aromatic nitrogens is 1. The maximum absolute atomic E-state index is 12.5. The van der Waals surface area contributed by atoms with Gasteiger partial charge in [-0.1, -0.05) is 6.07 Å². The number of pyridine rings is 1. The second-order valence-electron chi connectivity index (χ2n) is 5.85. The Bertz CT molecular complexity index is 1170. The Morgan fingerprint density at radius 2 is 2.18 bits per heavy atom. The smallest absolute Gasteiger partial charge is 0.271 e. The van der Waals surface area contributed by atoms with E-state index in [2.05, 4.69) is 4.99 Å². The number of nitrogens with zero attached hydrogens (tertiary/aromatic N) is 4. The van der Waals surface area contributed by atoms with Crippen molar-refractivity contribution in [3.8, 4) is 11.9 Å². The van der Waals surface area contributed by atoms with Crippen LogP contribution < -0.4 is 5.56 Å². The summed E-state index contributed by atoms with van der Waals surface area (Å²) >= 11 is 0. The Morgan fingerprint density at radius 3 is 2.82 bits per heavy atom. The second kappa shape index (κ2) is 7.59. The van der Waals surface area contributed by atoms with E-state index < -0.39 is 10.5 Å². The molecular weight excluding hydrogens is 364 g/mol. The van der Waals surface area contributed by atoms with Gasteiger partial charge in [0.1, 0.15) is 17.4 Å². The number of nitro benzene ring substituents is 1. The van der Waals surface area contributed by atoms with Crippen LogP contribution in [0.25, 0.3) is 0 Å². The third kappa shape index (κ3) is 3.52. The van der Waals surface area contributed by atoms with Gasteiger partial charge in [-0.05, 0) is 30.7 Å². The summed E-state index contributed by atoms with van der Waals surface area (Å²) in [5, 5.41) is 30.8. The number of nitriles is 1. The van der Waals surface area contributed by atoms with Crippen molar-refractivity contribution in [2.24, 2.45) is 4.99 Å². The molecule has 0 spiro atoms. The molecular formula is C19H14N4O5. The molecule has 0 unspecified atom stereocenters. The zero-order chi connectivity index (χ0) is 20.3. The molecule has 9 heteroatoms. The Balaban J connectivity index is 2.10. The molecule has 0 saturated carbocycles. The molecule has 9 nitrogen and oxygen atoms in total. The predicted molar refractivity (Wildman–Crippen MR) is 100.0 cm³/mol. The van der Waals surface area contributed by atoms with Crippen LogP contribution in [0.3, 0.4) is 0 Å². The van der Waals surface area contributed by atoms with Crippen molar-refractivity contribution < 1.29 is 14.4 Å². The first-order valence-corrected chi connectivity index (χ1v) is 8.09. The van der Waals surface area contributed by atoms with Crippen LogP contribution in [0.4, 0.5) is 11.4 Å². The minimum Gasteiger partial charge on any atom is -0.494 e. The molecule has 0 aliphatic carbocycles. The molecule has 0 amide bonds. The number of hydrogen-bond donors (Lipinski definition) is 1. The van der Waals surface area contributed by atoms with Crippen molar-refractivity contribution in [2.45, 2.75) is 13.5 Å². The molecule has 3 rings (SSSR count). The van der Waals surface area contributed by atoms with Gasteiger partial charge in [-0.3, -0.25) is 24.5 Å². The highest BCUT2D eigenvalue weighted by Gasteiger charge is 2.19. The highest BCUT2D eigenvalue weighted by atomic mass is 16.6. The fourth-order valence-electron chi connectivity index (χ4n) is 2.66. The summed E-state index contributed by atoms with van der Waals surface area (Å²) in [4.78, 5) is 27.0. The molecule has 28 heavy (non-hydrogen) atoms. The van der Waals surface area contributed by atoms with E-state index in [1.54, 1.807) is 18.2 Å². The lowest BCUT2D eigenvalue weighted by Crippen LogP contribution is -2.25. The summed E-state index contributed by atoms with van der Waals surface area (Å²) < 4.78 is 6.22. The predicted octanol–water partition coefficient (Wildman–Crippen LogP) is 3.03. The number of furan rings is 1. The fourth-order valence-corrected chi connectivity index (χ4v) is 2.66. The number of rotatable bonds is 5. The van der Waals surface area contributed by atoms with Gasteiger partial charge in [0.05, 0.1) is 29.0 Å². The molecule has 1 N–H and O–H groups in total. The van der Waals surface area contributed by atoms with Crippen LogP contribution in [0.5, 0.6) is 5.88 Å². The van der Waals surface area contributed by atoms with Crippen LogP contribution in [0, 0.1) is 28.4 Å². The first kappa shape index (κ1) is 18.6. The Morgan fingerprint density at radius 1 is 1.39 bits per heavy atom. The van der Waals surface area contributed by atoms with Crippen LogP contribution in [-0.2, 0) is 6.54 Å². The van der Waals surface area contributed by atoms with Gasteiger partial charge in [0, 0.05) is 18.3 Å². The molecule has 0 atom stereocenters. The summed E-state index contributed by atoms with van der Waals surface area (Å²) in [5.41, 5.74) is -0.207. The van der Waals surface area contributed by atoms with Crippen molar-refractivity contribution in [1.82, 2.24) is 4.57 Å². The van der Waals surface area contributed by atoms with E-state index >= 15 is 0 Å². The average Bonchev–Trinajstić information content (AvgIpc) is 3.19. The SMILES string of the molecule is Cc1c(C=Nc2cccc([N+](=O)[O-])c2)c(O)n(Cc2ccco2)c(=O)c1C#N. The van der Waals surface area contributed by atoms with Gasteiger partial charge in [0.2, 0.25) is 5.88 Å². The summed E-state index contributed by atoms with van der Waals surface area (Å²) in [5.74, 6) is 0.0406. The fraction of sp³-hybridized carbons (Fsp3) is 0.105.